The van der Waals surface area contributed by atoms with Gasteiger partial charge in [-0.3, -0.25) is 10.1 Å². The Morgan fingerprint density at radius 3 is 2.04 bits per heavy atom. The summed E-state index contributed by atoms with van der Waals surface area (Å²) in [4.78, 5) is 10.9. The van der Waals surface area contributed by atoms with Gasteiger partial charge in [0.2, 0.25) is 0 Å². The Bertz CT molecular complexity index is 1060. The fourth-order valence-corrected chi connectivity index (χ4v) is 5.20. The van der Waals surface area contributed by atoms with E-state index in [1.165, 1.54) is 47.1 Å². The van der Waals surface area contributed by atoms with E-state index < -0.39 is 0 Å². The standard InChI is InChI=1S/C12H11NO2.C12H13N/c14-13(15)12-10-5-1-3-8(10)7-9-4-2-6-11(9)12;13-12-10-5-1-3-8(10)7-9-4-2-6-11(9)12/h1,3,7H,2,4-6H2;1,3,7H,2,4-6,13H2. The minimum absolute atomic E-state index is 0.198. The number of nitrogens with two attached hydrogens (primary N) is 1. The second-order valence-electron chi connectivity index (χ2n) is 8.10. The first-order valence-corrected chi connectivity index (χ1v) is 10.2. The quantitative estimate of drug-likeness (QED) is 0.436. The van der Waals surface area contributed by atoms with Crippen LogP contribution in [0.4, 0.5) is 11.4 Å². The highest BCUT2D eigenvalue weighted by Crippen LogP contribution is 2.39. The van der Waals surface area contributed by atoms with Crippen molar-refractivity contribution < 1.29 is 4.92 Å². The molecule has 0 spiro atoms. The molecule has 0 saturated heterocycles. The van der Waals surface area contributed by atoms with Gasteiger partial charge in [-0.25, -0.2) is 0 Å². The number of allylic oxidation sites excluding steroid dienone is 2. The van der Waals surface area contributed by atoms with Gasteiger partial charge >= 0.3 is 0 Å². The van der Waals surface area contributed by atoms with E-state index in [9.17, 15) is 10.1 Å². The van der Waals surface area contributed by atoms with Gasteiger partial charge in [0.05, 0.1) is 4.92 Å². The molecule has 6 rings (SSSR count). The number of hydrogen-bond acceptors (Lipinski definition) is 3. The van der Waals surface area contributed by atoms with E-state index in [0.717, 1.165) is 54.5 Å². The van der Waals surface area contributed by atoms with Crippen LogP contribution in [-0.2, 0) is 38.5 Å². The van der Waals surface area contributed by atoms with Crippen LogP contribution >= 0.6 is 0 Å². The summed E-state index contributed by atoms with van der Waals surface area (Å²) in [6.45, 7) is 0. The van der Waals surface area contributed by atoms with Gasteiger partial charge in [0, 0.05) is 16.8 Å². The Labute approximate surface area is 164 Å². The van der Waals surface area contributed by atoms with Crippen LogP contribution in [0, 0.1) is 10.1 Å². The zero-order valence-corrected chi connectivity index (χ0v) is 16.0. The number of nitro groups is 1. The number of nitrogen functional groups attached to an aromatic ring is 1. The second kappa shape index (κ2) is 6.62. The van der Waals surface area contributed by atoms with Crippen molar-refractivity contribution in [2.24, 2.45) is 0 Å². The lowest BCUT2D eigenvalue weighted by Gasteiger charge is -2.09. The molecule has 0 heterocycles. The number of nitrogens with zero attached hydrogens (tertiary/aromatic N) is 1. The normalized spacial score (nSPS) is 17.0. The topological polar surface area (TPSA) is 69.2 Å². The molecule has 4 heteroatoms. The molecule has 0 saturated carbocycles. The maximum absolute atomic E-state index is 11.1. The summed E-state index contributed by atoms with van der Waals surface area (Å²) in [6.07, 6.45) is 16.8. The molecule has 2 N–H and O–H groups in total. The molecule has 4 aliphatic rings. The van der Waals surface area contributed by atoms with Crippen molar-refractivity contribution in [3.8, 4) is 0 Å². The van der Waals surface area contributed by atoms with E-state index in [1.807, 2.05) is 12.2 Å². The fourth-order valence-electron chi connectivity index (χ4n) is 5.20. The summed E-state index contributed by atoms with van der Waals surface area (Å²) >= 11 is 0. The minimum Gasteiger partial charge on any atom is -0.398 e. The van der Waals surface area contributed by atoms with Crippen LogP contribution in [0.2, 0.25) is 0 Å². The van der Waals surface area contributed by atoms with Gasteiger partial charge in [0.25, 0.3) is 5.69 Å². The molecule has 0 bridgehead atoms. The van der Waals surface area contributed by atoms with Crippen molar-refractivity contribution in [2.45, 2.75) is 51.4 Å². The SMILES string of the molecule is Nc1c2c(cc3c1CCC3)C=CC2.O=[N+]([O-])c1c2c(cc3c1CCC3)C=CC2. The van der Waals surface area contributed by atoms with Crippen molar-refractivity contribution in [2.75, 3.05) is 5.73 Å². The zero-order chi connectivity index (χ0) is 19.3. The molecule has 0 radical (unpaired) electrons. The molecule has 0 amide bonds. The molecular weight excluding hydrogens is 348 g/mol. The first-order valence-electron chi connectivity index (χ1n) is 10.2. The van der Waals surface area contributed by atoms with E-state index in [-0.39, 0.29) is 4.92 Å². The van der Waals surface area contributed by atoms with Gasteiger partial charge in [0.15, 0.2) is 0 Å². The molecule has 0 aromatic heterocycles. The van der Waals surface area contributed by atoms with Crippen LogP contribution in [0.15, 0.2) is 24.3 Å². The van der Waals surface area contributed by atoms with Crippen LogP contribution in [0.1, 0.15) is 57.3 Å². The summed E-state index contributed by atoms with van der Waals surface area (Å²) in [5.74, 6) is 0. The third kappa shape index (κ3) is 2.67. The molecule has 28 heavy (non-hydrogen) atoms. The average Bonchev–Trinajstić information content (AvgIpc) is 3.45. The number of benzene rings is 2. The second-order valence-corrected chi connectivity index (χ2v) is 8.10. The van der Waals surface area contributed by atoms with Gasteiger partial charge in [-0.1, -0.05) is 36.4 Å². The van der Waals surface area contributed by atoms with Gasteiger partial charge < -0.3 is 5.73 Å². The van der Waals surface area contributed by atoms with Crippen LogP contribution in [0.3, 0.4) is 0 Å². The van der Waals surface area contributed by atoms with E-state index >= 15 is 0 Å². The molecule has 2 aromatic rings. The van der Waals surface area contributed by atoms with E-state index in [4.69, 9.17) is 5.73 Å². The highest BCUT2D eigenvalue weighted by Gasteiger charge is 2.28. The molecule has 0 aliphatic heterocycles. The van der Waals surface area contributed by atoms with Gasteiger partial charge in [-0.2, -0.15) is 0 Å². The molecule has 0 fully saturated rings. The number of aryl methyl sites for hydroxylation is 2. The molecule has 4 aliphatic carbocycles. The van der Waals surface area contributed by atoms with Gasteiger partial charge in [-0.05, 0) is 84.7 Å². The largest absolute Gasteiger partial charge is 0.398 e. The highest BCUT2D eigenvalue weighted by molar-refractivity contribution is 5.73. The van der Waals surface area contributed by atoms with Crippen LogP contribution in [0.5, 0.6) is 0 Å². The first kappa shape index (κ1) is 17.2. The Morgan fingerprint density at radius 2 is 1.36 bits per heavy atom. The van der Waals surface area contributed by atoms with E-state index in [1.54, 1.807) is 0 Å². The van der Waals surface area contributed by atoms with Crippen molar-refractivity contribution in [1.82, 2.24) is 0 Å². The van der Waals surface area contributed by atoms with Crippen LogP contribution in [0.25, 0.3) is 12.2 Å². The van der Waals surface area contributed by atoms with E-state index in [2.05, 4.69) is 24.3 Å². The minimum atomic E-state index is -0.198. The van der Waals surface area contributed by atoms with Crippen molar-refractivity contribution >= 4 is 23.5 Å². The van der Waals surface area contributed by atoms with E-state index in [0.29, 0.717) is 5.69 Å². The summed E-state index contributed by atoms with van der Waals surface area (Å²) in [5, 5.41) is 11.1. The molecule has 142 valence electrons. The predicted molar refractivity (Wildman–Crippen MR) is 113 cm³/mol. The average molecular weight is 372 g/mol. The third-order valence-electron chi connectivity index (χ3n) is 6.52. The lowest BCUT2D eigenvalue weighted by Crippen LogP contribution is -2.00. The Morgan fingerprint density at radius 1 is 0.786 bits per heavy atom. The van der Waals surface area contributed by atoms with Crippen molar-refractivity contribution in [1.29, 1.82) is 0 Å². The van der Waals surface area contributed by atoms with Crippen LogP contribution in [-0.4, -0.2) is 4.92 Å². The summed E-state index contributed by atoms with van der Waals surface area (Å²) < 4.78 is 0. The number of anilines is 1. The lowest BCUT2D eigenvalue weighted by molar-refractivity contribution is -0.386. The maximum Gasteiger partial charge on any atom is 0.276 e. The van der Waals surface area contributed by atoms with Crippen molar-refractivity contribution in [3.05, 3.63) is 78.9 Å². The predicted octanol–water partition coefficient (Wildman–Crippen LogP) is 4.98. The Hall–Kier alpha value is -2.88. The summed E-state index contributed by atoms with van der Waals surface area (Å²) in [5.41, 5.74) is 17.4. The zero-order valence-electron chi connectivity index (χ0n) is 16.0. The number of nitro benzene ring substituents is 1. The lowest BCUT2D eigenvalue weighted by atomic mass is 9.99. The summed E-state index contributed by atoms with van der Waals surface area (Å²) in [7, 11) is 0. The third-order valence-corrected chi connectivity index (χ3v) is 6.52. The van der Waals surface area contributed by atoms with Gasteiger partial charge in [-0.15, -0.1) is 0 Å². The fraction of sp³-hybridized carbons (Fsp3) is 0.333. The van der Waals surface area contributed by atoms with Crippen molar-refractivity contribution in [3.63, 3.8) is 0 Å². The van der Waals surface area contributed by atoms with Crippen LogP contribution < -0.4 is 5.73 Å². The first-order chi connectivity index (χ1) is 13.6. The molecule has 0 atom stereocenters. The molecular formula is C24H24N2O2. The Kier molecular flexibility index (Phi) is 4.08. The summed E-state index contributed by atoms with van der Waals surface area (Å²) in [6, 6.07) is 4.46. The highest BCUT2D eigenvalue weighted by atomic mass is 16.6. The number of rotatable bonds is 1. The van der Waals surface area contributed by atoms with Gasteiger partial charge in [0.1, 0.15) is 0 Å². The molecule has 0 unspecified atom stereocenters. The number of hydrogen-bond donors (Lipinski definition) is 1. The number of fused-ring (bicyclic) bond motifs is 4. The smallest absolute Gasteiger partial charge is 0.276 e. The maximum atomic E-state index is 11.1. The molecule has 2 aromatic carbocycles. The Balaban J connectivity index is 0.000000123. The monoisotopic (exact) mass is 372 g/mol. The molecule has 4 nitrogen and oxygen atoms in total.